The van der Waals surface area contributed by atoms with Crippen LogP contribution in [0.15, 0.2) is 18.2 Å². The SMILES string of the molecule is CNc1cc(N(C)C(C)C(C)C)cc([N+](=O)[O-])c1. The van der Waals surface area contributed by atoms with E-state index in [2.05, 4.69) is 31.0 Å². The Morgan fingerprint density at radius 1 is 1.28 bits per heavy atom. The molecular weight excluding hydrogens is 230 g/mol. The molecule has 0 aliphatic rings. The molecule has 5 nitrogen and oxygen atoms in total. The van der Waals surface area contributed by atoms with Crippen molar-refractivity contribution in [1.29, 1.82) is 0 Å². The number of hydrogen-bond acceptors (Lipinski definition) is 4. The van der Waals surface area contributed by atoms with Crippen LogP contribution in [-0.4, -0.2) is 25.1 Å². The number of nitrogens with zero attached hydrogens (tertiary/aromatic N) is 2. The van der Waals surface area contributed by atoms with Crippen molar-refractivity contribution >= 4 is 17.1 Å². The first kappa shape index (κ1) is 14.3. The molecule has 1 aromatic rings. The summed E-state index contributed by atoms with van der Waals surface area (Å²) in [5.41, 5.74) is 1.72. The van der Waals surface area contributed by atoms with E-state index in [0.29, 0.717) is 12.0 Å². The first-order valence-electron chi connectivity index (χ1n) is 6.07. The van der Waals surface area contributed by atoms with E-state index in [4.69, 9.17) is 0 Å². The van der Waals surface area contributed by atoms with Gasteiger partial charge in [-0.3, -0.25) is 10.1 Å². The Morgan fingerprint density at radius 3 is 2.33 bits per heavy atom. The second kappa shape index (κ2) is 5.71. The van der Waals surface area contributed by atoms with Crippen molar-refractivity contribution in [3.05, 3.63) is 28.3 Å². The van der Waals surface area contributed by atoms with E-state index in [1.165, 1.54) is 6.07 Å². The lowest BCUT2D eigenvalue weighted by Crippen LogP contribution is -2.33. The van der Waals surface area contributed by atoms with E-state index >= 15 is 0 Å². The molecule has 0 saturated carbocycles. The highest BCUT2D eigenvalue weighted by atomic mass is 16.6. The van der Waals surface area contributed by atoms with Gasteiger partial charge < -0.3 is 10.2 Å². The predicted octanol–water partition coefficient (Wildman–Crippen LogP) is 3.12. The molecule has 1 rings (SSSR count). The molecule has 0 aliphatic heterocycles. The van der Waals surface area contributed by atoms with Gasteiger partial charge in [-0.25, -0.2) is 0 Å². The standard InChI is InChI=1S/C13H21N3O2/c1-9(2)10(3)15(5)12-6-11(14-4)7-13(8-12)16(17)18/h6-10,14H,1-5H3. The second-order valence-electron chi connectivity index (χ2n) is 4.84. The number of rotatable bonds is 5. The van der Waals surface area contributed by atoms with Gasteiger partial charge in [-0.2, -0.15) is 0 Å². The molecule has 5 heteroatoms. The maximum Gasteiger partial charge on any atom is 0.273 e. The fraction of sp³-hybridized carbons (Fsp3) is 0.538. The lowest BCUT2D eigenvalue weighted by Gasteiger charge is -2.30. The van der Waals surface area contributed by atoms with Gasteiger partial charge in [0.15, 0.2) is 0 Å². The molecule has 0 spiro atoms. The molecule has 0 fully saturated rings. The van der Waals surface area contributed by atoms with Crippen molar-refractivity contribution < 1.29 is 4.92 Å². The number of anilines is 2. The third kappa shape index (κ3) is 3.12. The van der Waals surface area contributed by atoms with Crippen LogP contribution in [0.3, 0.4) is 0 Å². The van der Waals surface area contributed by atoms with E-state index < -0.39 is 0 Å². The molecule has 0 radical (unpaired) electrons. The normalized spacial score (nSPS) is 12.3. The molecule has 0 bridgehead atoms. The molecule has 1 aromatic carbocycles. The molecule has 0 aliphatic carbocycles. The molecule has 0 amide bonds. The molecule has 18 heavy (non-hydrogen) atoms. The maximum atomic E-state index is 10.9. The van der Waals surface area contributed by atoms with Crippen LogP contribution in [0.1, 0.15) is 20.8 Å². The van der Waals surface area contributed by atoms with Crippen LogP contribution in [0.5, 0.6) is 0 Å². The molecule has 1 unspecified atom stereocenters. The molecule has 0 aromatic heterocycles. The zero-order chi connectivity index (χ0) is 13.9. The first-order chi connectivity index (χ1) is 8.36. The van der Waals surface area contributed by atoms with Crippen LogP contribution in [0, 0.1) is 16.0 Å². The second-order valence-corrected chi connectivity index (χ2v) is 4.84. The molecule has 1 atom stereocenters. The quantitative estimate of drug-likeness (QED) is 0.645. The van der Waals surface area contributed by atoms with Crippen LogP contribution >= 0.6 is 0 Å². The van der Waals surface area contributed by atoms with Gasteiger partial charge in [0.2, 0.25) is 0 Å². The number of nitrogens with one attached hydrogen (secondary N) is 1. The van der Waals surface area contributed by atoms with Gasteiger partial charge in [-0.05, 0) is 18.9 Å². The van der Waals surface area contributed by atoms with E-state index in [-0.39, 0.29) is 10.6 Å². The number of hydrogen-bond donors (Lipinski definition) is 1. The smallest absolute Gasteiger partial charge is 0.273 e. The predicted molar refractivity (Wildman–Crippen MR) is 75.3 cm³/mol. The number of nitro groups is 1. The molecule has 1 N–H and O–H groups in total. The summed E-state index contributed by atoms with van der Waals surface area (Å²) in [6.45, 7) is 6.39. The summed E-state index contributed by atoms with van der Waals surface area (Å²) < 4.78 is 0. The fourth-order valence-corrected chi connectivity index (χ4v) is 1.73. The molecule has 0 saturated heterocycles. The van der Waals surface area contributed by atoms with E-state index in [0.717, 1.165) is 11.4 Å². The van der Waals surface area contributed by atoms with Crippen molar-refractivity contribution in [2.24, 2.45) is 5.92 Å². The molecular formula is C13H21N3O2. The third-order valence-electron chi connectivity index (χ3n) is 3.39. The minimum absolute atomic E-state index is 0.111. The monoisotopic (exact) mass is 251 g/mol. The Labute approximate surface area is 108 Å². The highest BCUT2D eigenvalue weighted by Crippen LogP contribution is 2.28. The van der Waals surface area contributed by atoms with Crippen molar-refractivity contribution in [3.63, 3.8) is 0 Å². The van der Waals surface area contributed by atoms with Gasteiger partial charge in [0, 0.05) is 43.6 Å². The van der Waals surface area contributed by atoms with E-state index in [1.54, 1.807) is 13.1 Å². The number of nitro benzene ring substituents is 1. The Morgan fingerprint density at radius 2 is 1.89 bits per heavy atom. The molecule has 100 valence electrons. The summed E-state index contributed by atoms with van der Waals surface area (Å²) in [5.74, 6) is 0.479. The maximum absolute atomic E-state index is 10.9. The summed E-state index contributed by atoms with van der Waals surface area (Å²) in [7, 11) is 3.72. The number of benzene rings is 1. The van der Waals surface area contributed by atoms with Gasteiger partial charge in [-0.15, -0.1) is 0 Å². The van der Waals surface area contributed by atoms with Crippen LogP contribution in [0.2, 0.25) is 0 Å². The zero-order valence-corrected chi connectivity index (χ0v) is 11.6. The van der Waals surface area contributed by atoms with Gasteiger partial charge in [0.25, 0.3) is 5.69 Å². The van der Waals surface area contributed by atoms with Gasteiger partial charge >= 0.3 is 0 Å². The van der Waals surface area contributed by atoms with Gasteiger partial charge in [0.1, 0.15) is 0 Å². The average molecular weight is 251 g/mol. The fourth-order valence-electron chi connectivity index (χ4n) is 1.73. The first-order valence-corrected chi connectivity index (χ1v) is 6.07. The zero-order valence-electron chi connectivity index (χ0n) is 11.6. The Hall–Kier alpha value is -1.78. The lowest BCUT2D eigenvalue weighted by atomic mass is 10.0. The third-order valence-corrected chi connectivity index (χ3v) is 3.39. The van der Waals surface area contributed by atoms with Crippen molar-refractivity contribution in [3.8, 4) is 0 Å². The Bertz CT molecular complexity index is 432. The van der Waals surface area contributed by atoms with Crippen molar-refractivity contribution in [2.45, 2.75) is 26.8 Å². The van der Waals surface area contributed by atoms with Crippen LogP contribution in [0.4, 0.5) is 17.1 Å². The van der Waals surface area contributed by atoms with E-state index in [9.17, 15) is 10.1 Å². The van der Waals surface area contributed by atoms with Gasteiger partial charge in [0.05, 0.1) is 4.92 Å². The van der Waals surface area contributed by atoms with Crippen molar-refractivity contribution in [2.75, 3.05) is 24.3 Å². The summed E-state index contributed by atoms with van der Waals surface area (Å²) in [5, 5.41) is 13.9. The summed E-state index contributed by atoms with van der Waals surface area (Å²) >= 11 is 0. The van der Waals surface area contributed by atoms with Crippen LogP contribution < -0.4 is 10.2 Å². The topological polar surface area (TPSA) is 58.4 Å². The molecule has 0 heterocycles. The van der Waals surface area contributed by atoms with E-state index in [1.807, 2.05) is 13.1 Å². The Balaban J connectivity index is 3.15. The minimum atomic E-state index is -0.363. The van der Waals surface area contributed by atoms with Crippen LogP contribution in [-0.2, 0) is 0 Å². The van der Waals surface area contributed by atoms with Gasteiger partial charge in [-0.1, -0.05) is 13.8 Å². The largest absolute Gasteiger partial charge is 0.388 e. The summed E-state index contributed by atoms with van der Waals surface area (Å²) in [6.07, 6.45) is 0. The van der Waals surface area contributed by atoms with Crippen molar-refractivity contribution in [1.82, 2.24) is 0 Å². The van der Waals surface area contributed by atoms with Crippen LogP contribution in [0.25, 0.3) is 0 Å². The number of non-ortho nitro benzene ring substituents is 1. The average Bonchev–Trinajstić information content (AvgIpc) is 2.35. The summed E-state index contributed by atoms with van der Waals surface area (Å²) in [6, 6.07) is 5.39. The minimum Gasteiger partial charge on any atom is -0.388 e. The summed E-state index contributed by atoms with van der Waals surface area (Å²) in [4.78, 5) is 12.6. The highest BCUT2D eigenvalue weighted by molar-refractivity contribution is 5.64. The Kier molecular flexibility index (Phi) is 4.53. The lowest BCUT2D eigenvalue weighted by molar-refractivity contribution is -0.384. The highest BCUT2D eigenvalue weighted by Gasteiger charge is 2.17.